The predicted octanol–water partition coefficient (Wildman–Crippen LogP) is 1.99. The number of hydrogen-bond donors (Lipinski definition) is 1. The summed E-state index contributed by atoms with van der Waals surface area (Å²) in [6.45, 7) is 3.69. The van der Waals surface area contributed by atoms with Crippen LogP contribution in [0.4, 0.5) is 5.69 Å². The summed E-state index contributed by atoms with van der Waals surface area (Å²) in [6.07, 6.45) is 0. The van der Waals surface area contributed by atoms with Gasteiger partial charge < -0.3 is 0 Å². The topological polar surface area (TPSA) is 103 Å². The van der Waals surface area contributed by atoms with Gasteiger partial charge in [-0.25, -0.2) is 4.68 Å². The zero-order valence-corrected chi connectivity index (χ0v) is 12.3. The van der Waals surface area contributed by atoms with Crippen LogP contribution in [-0.2, 0) is 0 Å². The molecule has 9 heteroatoms. The Labute approximate surface area is 124 Å². The first kappa shape index (κ1) is 15.0. The van der Waals surface area contributed by atoms with Gasteiger partial charge in [0.2, 0.25) is 5.16 Å². The second-order valence-corrected chi connectivity index (χ2v) is 5.27. The van der Waals surface area contributed by atoms with Crippen LogP contribution >= 0.6 is 11.8 Å². The van der Waals surface area contributed by atoms with Crippen molar-refractivity contribution in [2.75, 3.05) is 11.2 Å². The Bertz CT molecular complexity index is 668. The number of thioether (sulfide) groups is 1. The zero-order valence-electron chi connectivity index (χ0n) is 11.4. The quantitative estimate of drug-likeness (QED) is 0.515. The molecular weight excluding hydrogens is 294 g/mol. The first-order valence-electron chi connectivity index (χ1n) is 6.13. The molecule has 0 bridgehead atoms. The van der Waals surface area contributed by atoms with E-state index in [1.807, 2.05) is 6.92 Å². The van der Waals surface area contributed by atoms with E-state index in [-0.39, 0.29) is 11.6 Å². The summed E-state index contributed by atoms with van der Waals surface area (Å²) in [5.41, 5.74) is 2.93. The van der Waals surface area contributed by atoms with Crippen LogP contribution in [0.2, 0.25) is 0 Å². The summed E-state index contributed by atoms with van der Waals surface area (Å²) >= 11 is 1.45. The molecule has 1 N–H and O–H groups in total. The summed E-state index contributed by atoms with van der Waals surface area (Å²) in [6, 6.07) is 5.38. The van der Waals surface area contributed by atoms with Crippen LogP contribution in [-0.4, -0.2) is 31.5 Å². The first-order chi connectivity index (χ1) is 10.0. The van der Waals surface area contributed by atoms with Gasteiger partial charge in [-0.3, -0.25) is 20.3 Å². The highest BCUT2D eigenvalue weighted by Gasteiger charge is 2.14. The Morgan fingerprint density at radius 3 is 2.62 bits per heavy atom. The third-order valence-corrected chi connectivity index (χ3v) is 3.43. The van der Waals surface area contributed by atoms with Crippen molar-refractivity contribution in [2.45, 2.75) is 19.0 Å². The molecule has 8 nitrogen and oxygen atoms in total. The Balaban J connectivity index is 2.18. The highest BCUT2D eigenvalue weighted by molar-refractivity contribution is 7.99. The molecule has 1 aromatic heterocycles. The van der Waals surface area contributed by atoms with Gasteiger partial charge in [-0.05, 0) is 24.8 Å². The molecule has 21 heavy (non-hydrogen) atoms. The number of nitro groups is 1. The van der Waals surface area contributed by atoms with Crippen molar-refractivity contribution in [1.29, 1.82) is 0 Å². The number of amides is 1. The van der Waals surface area contributed by atoms with Gasteiger partial charge in [0.1, 0.15) is 5.82 Å². The zero-order chi connectivity index (χ0) is 15.4. The fourth-order valence-corrected chi connectivity index (χ4v) is 2.26. The van der Waals surface area contributed by atoms with Crippen LogP contribution < -0.4 is 5.43 Å². The lowest BCUT2D eigenvalue weighted by molar-refractivity contribution is -0.384. The summed E-state index contributed by atoms with van der Waals surface area (Å²) in [7, 11) is 0. The molecule has 2 aromatic rings. The standard InChI is InChI=1S/C12H13N5O3S/c1-3-21-12-14-13-8(2)16(12)15-11(18)9-4-6-10(7-5-9)17(19)20/h4-7H,3H2,1-2H3,(H,15,18). The molecule has 2 rings (SSSR count). The van der Waals surface area contributed by atoms with Crippen molar-refractivity contribution >= 4 is 23.4 Å². The molecule has 1 aromatic carbocycles. The van der Waals surface area contributed by atoms with Crippen molar-refractivity contribution < 1.29 is 9.72 Å². The van der Waals surface area contributed by atoms with Crippen LogP contribution in [0.15, 0.2) is 29.4 Å². The largest absolute Gasteiger partial charge is 0.270 e. The minimum atomic E-state index is -0.512. The SMILES string of the molecule is CCSc1nnc(C)n1NC(=O)c1ccc([N+](=O)[O-])cc1. The summed E-state index contributed by atoms with van der Waals surface area (Å²) in [5, 5.41) is 19.0. The molecule has 0 spiro atoms. The molecule has 0 atom stereocenters. The van der Waals surface area contributed by atoms with Gasteiger partial charge in [-0.2, -0.15) is 0 Å². The van der Waals surface area contributed by atoms with E-state index in [2.05, 4.69) is 15.6 Å². The maximum absolute atomic E-state index is 12.1. The average molecular weight is 307 g/mol. The minimum absolute atomic E-state index is 0.0609. The molecule has 0 unspecified atom stereocenters. The molecule has 0 aliphatic carbocycles. The first-order valence-corrected chi connectivity index (χ1v) is 7.12. The van der Waals surface area contributed by atoms with Gasteiger partial charge in [0.15, 0.2) is 0 Å². The lowest BCUT2D eigenvalue weighted by Gasteiger charge is -2.09. The van der Waals surface area contributed by atoms with Gasteiger partial charge in [0.25, 0.3) is 11.6 Å². The molecule has 0 fully saturated rings. The number of rotatable bonds is 5. The van der Waals surface area contributed by atoms with E-state index in [1.54, 1.807) is 6.92 Å². The van der Waals surface area contributed by atoms with Crippen molar-refractivity contribution in [3.63, 3.8) is 0 Å². The van der Waals surface area contributed by atoms with Crippen LogP contribution in [0.3, 0.4) is 0 Å². The number of non-ortho nitro benzene ring substituents is 1. The van der Waals surface area contributed by atoms with Gasteiger partial charge >= 0.3 is 0 Å². The highest BCUT2D eigenvalue weighted by atomic mass is 32.2. The smallest absolute Gasteiger partial charge is 0.267 e. The fraction of sp³-hybridized carbons (Fsp3) is 0.250. The van der Waals surface area contributed by atoms with Crippen LogP contribution in [0.5, 0.6) is 0 Å². The van der Waals surface area contributed by atoms with Crippen molar-refractivity contribution in [1.82, 2.24) is 14.9 Å². The van der Waals surface area contributed by atoms with E-state index in [1.165, 1.54) is 40.7 Å². The number of aryl methyl sites for hydroxylation is 1. The number of nitrogens with zero attached hydrogens (tertiary/aromatic N) is 4. The second kappa shape index (κ2) is 6.35. The van der Waals surface area contributed by atoms with Crippen LogP contribution in [0.1, 0.15) is 23.1 Å². The monoisotopic (exact) mass is 307 g/mol. The summed E-state index contributed by atoms with van der Waals surface area (Å²) in [4.78, 5) is 22.2. The second-order valence-electron chi connectivity index (χ2n) is 4.04. The Morgan fingerprint density at radius 2 is 2.05 bits per heavy atom. The molecule has 0 radical (unpaired) electrons. The summed E-state index contributed by atoms with van der Waals surface area (Å²) < 4.78 is 1.50. The Hall–Kier alpha value is -2.42. The average Bonchev–Trinajstić information content (AvgIpc) is 2.81. The van der Waals surface area contributed by atoms with Crippen molar-refractivity contribution in [3.8, 4) is 0 Å². The molecule has 0 aliphatic rings. The molecule has 0 aliphatic heterocycles. The number of nitrogens with one attached hydrogen (secondary N) is 1. The van der Waals surface area contributed by atoms with Crippen LogP contribution in [0, 0.1) is 17.0 Å². The van der Waals surface area contributed by atoms with Crippen LogP contribution in [0.25, 0.3) is 0 Å². The Morgan fingerprint density at radius 1 is 1.38 bits per heavy atom. The lowest BCUT2D eigenvalue weighted by Crippen LogP contribution is -2.24. The number of carbonyl (C=O) groups is 1. The van der Waals surface area contributed by atoms with Gasteiger partial charge in [0, 0.05) is 17.7 Å². The van der Waals surface area contributed by atoms with Gasteiger partial charge in [-0.15, -0.1) is 10.2 Å². The van der Waals surface area contributed by atoms with E-state index in [9.17, 15) is 14.9 Å². The number of aromatic nitrogens is 3. The van der Waals surface area contributed by atoms with E-state index in [4.69, 9.17) is 0 Å². The van der Waals surface area contributed by atoms with Gasteiger partial charge in [-0.1, -0.05) is 18.7 Å². The third kappa shape index (κ3) is 3.37. The number of hydrogen-bond acceptors (Lipinski definition) is 6. The van der Waals surface area contributed by atoms with E-state index in [0.29, 0.717) is 16.5 Å². The molecule has 110 valence electrons. The van der Waals surface area contributed by atoms with E-state index >= 15 is 0 Å². The maximum Gasteiger partial charge on any atom is 0.270 e. The number of benzene rings is 1. The predicted molar refractivity (Wildman–Crippen MR) is 77.9 cm³/mol. The normalized spacial score (nSPS) is 10.4. The maximum atomic E-state index is 12.1. The van der Waals surface area contributed by atoms with E-state index < -0.39 is 4.92 Å². The molecule has 0 saturated carbocycles. The van der Waals surface area contributed by atoms with E-state index in [0.717, 1.165) is 5.75 Å². The molecule has 0 saturated heterocycles. The third-order valence-electron chi connectivity index (χ3n) is 2.62. The highest BCUT2D eigenvalue weighted by Crippen LogP contribution is 2.16. The van der Waals surface area contributed by atoms with Crippen molar-refractivity contribution in [3.05, 3.63) is 45.8 Å². The Kier molecular flexibility index (Phi) is 4.53. The van der Waals surface area contributed by atoms with Gasteiger partial charge in [0.05, 0.1) is 4.92 Å². The molecule has 1 amide bonds. The number of nitro benzene ring substituents is 1. The fourth-order valence-electron chi connectivity index (χ4n) is 1.59. The lowest BCUT2D eigenvalue weighted by atomic mass is 10.2. The summed E-state index contributed by atoms with van der Waals surface area (Å²) in [5.74, 6) is 0.970. The number of carbonyl (C=O) groups excluding carboxylic acids is 1. The minimum Gasteiger partial charge on any atom is -0.267 e. The van der Waals surface area contributed by atoms with Crippen molar-refractivity contribution in [2.24, 2.45) is 0 Å². The molecular formula is C12H13N5O3S. The molecule has 1 heterocycles.